The molecule has 0 aromatic heterocycles. The van der Waals surface area contributed by atoms with Gasteiger partial charge in [-0.05, 0) is 34.5 Å². The van der Waals surface area contributed by atoms with Crippen LogP contribution in [0.5, 0.6) is 5.75 Å². The van der Waals surface area contributed by atoms with Crippen molar-refractivity contribution in [3.63, 3.8) is 0 Å². The first-order valence-electron chi connectivity index (χ1n) is 4.64. The van der Waals surface area contributed by atoms with E-state index in [0.29, 0.717) is 6.61 Å². The van der Waals surface area contributed by atoms with Gasteiger partial charge < -0.3 is 9.47 Å². The molecule has 3 nitrogen and oxygen atoms in total. The predicted octanol–water partition coefficient (Wildman–Crippen LogP) is 2.41. The molecule has 1 aliphatic heterocycles. The maximum Gasteiger partial charge on any atom is 0.316 e. The van der Waals surface area contributed by atoms with Crippen LogP contribution in [0, 0.1) is 6.92 Å². The lowest BCUT2D eigenvalue weighted by Gasteiger charge is -2.06. The second-order valence-electron chi connectivity index (χ2n) is 3.55. The van der Waals surface area contributed by atoms with Crippen molar-refractivity contribution in [3.8, 4) is 5.75 Å². The number of halogens is 1. The zero-order valence-corrected chi connectivity index (χ0v) is 10.1. The highest BCUT2D eigenvalue weighted by atomic mass is 79.9. The van der Waals surface area contributed by atoms with Crippen molar-refractivity contribution in [2.75, 3.05) is 13.7 Å². The highest BCUT2D eigenvalue weighted by Crippen LogP contribution is 2.40. The normalized spacial score (nSPS) is 18.2. The molecule has 1 atom stereocenters. The van der Waals surface area contributed by atoms with Crippen LogP contribution >= 0.6 is 15.9 Å². The molecular weight excluding hydrogens is 260 g/mol. The van der Waals surface area contributed by atoms with E-state index in [1.54, 1.807) is 0 Å². The van der Waals surface area contributed by atoms with Gasteiger partial charge in [0.15, 0.2) is 0 Å². The minimum absolute atomic E-state index is 0.244. The molecule has 0 saturated heterocycles. The molecule has 0 fully saturated rings. The first-order chi connectivity index (χ1) is 7.13. The van der Waals surface area contributed by atoms with E-state index in [4.69, 9.17) is 9.47 Å². The van der Waals surface area contributed by atoms with Gasteiger partial charge in [-0.3, -0.25) is 4.79 Å². The van der Waals surface area contributed by atoms with Gasteiger partial charge >= 0.3 is 5.97 Å². The Morgan fingerprint density at radius 2 is 2.33 bits per heavy atom. The summed E-state index contributed by atoms with van der Waals surface area (Å²) in [5.74, 6) is 0.225. The number of aryl methyl sites for hydroxylation is 1. The third kappa shape index (κ3) is 1.74. The summed E-state index contributed by atoms with van der Waals surface area (Å²) < 4.78 is 11.1. The summed E-state index contributed by atoms with van der Waals surface area (Å²) in [6.07, 6.45) is 0. The summed E-state index contributed by atoms with van der Waals surface area (Å²) in [6, 6.07) is 3.94. The molecule has 15 heavy (non-hydrogen) atoms. The number of carbonyl (C=O) groups excluding carboxylic acids is 1. The summed E-state index contributed by atoms with van der Waals surface area (Å²) in [5.41, 5.74) is 2.01. The fourth-order valence-corrected chi connectivity index (χ4v) is 2.47. The van der Waals surface area contributed by atoms with E-state index in [0.717, 1.165) is 21.3 Å². The molecule has 0 saturated carbocycles. The molecule has 4 heteroatoms. The second kappa shape index (κ2) is 3.85. The first kappa shape index (κ1) is 10.5. The molecule has 0 spiro atoms. The molecule has 80 valence electrons. The van der Waals surface area contributed by atoms with Crippen molar-refractivity contribution >= 4 is 21.9 Å². The predicted molar refractivity (Wildman–Crippen MR) is 59.1 cm³/mol. The molecule has 1 heterocycles. The Bertz CT molecular complexity index is 415. The van der Waals surface area contributed by atoms with Gasteiger partial charge in [0, 0.05) is 5.56 Å². The Morgan fingerprint density at radius 3 is 3.00 bits per heavy atom. The van der Waals surface area contributed by atoms with Crippen LogP contribution in [0.15, 0.2) is 16.6 Å². The van der Waals surface area contributed by atoms with Crippen molar-refractivity contribution in [1.29, 1.82) is 0 Å². The van der Waals surface area contributed by atoms with Gasteiger partial charge in [0.25, 0.3) is 0 Å². The van der Waals surface area contributed by atoms with Crippen LogP contribution in [0.2, 0.25) is 0 Å². The van der Waals surface area contributed by atoms with Crippen molar-refractivity contribution in [3.05, 3.63) is 27.7 Å². The van der Waals surface area contributed by atoms with Crippen LogP contribution in [0.1, 0.15) is 17.0 Å². The Balaban J connectivity index is 2.46. The number of esters is 1. The quantitative estimate of drug-likeness (QED) is 0.736. The molecule has 1 aromatic rings. The summed E-state index contributed by atoms with van der Waals surface area (Å²) in [7, 11) is 1.39. The Morgan fingerprint density at radius 1 is 1.60 bits per heavy atom. The molecule has 1 aliphatic rings. The van der Waals surface area contributed by atoms with E-state index >= 15 is 0 Å². The summed E-state index contributed by atoms with van der Waals surface area (Å²) in [4.78, 5) is 11.5. The number of ether oxygens (including phenoxy) is 2. The molecule has 1 unspecified atom stereocenters. The maximum absolute atomic E-state index is 11.5. The van der Waals surface area contributed by atoms with Crippen molar-refractivity contribution in [2.24, 2.45) is 0 Å². The molecule has 0 N–H and O–H groups in total. The lowest BCUT2D eigenvalue weighted by atomic mass is 10.00. The van der Waals surface area contributed by atoms with Crippen molar-refractivity contribution in [2.45, 2.75) is 12.8 Å². The molecular formula is C11H11BrO3. The van der Waals surface area contributed by atoms with Crippen LogP contribution in [0.4, 0.5) is 0 Å². The van der Waals surface area contributed by atoms with Gasteiger partial charge in [-0.15, -0.1) is 0 Å². The van der Waals surface area contributed by atoms with E-state index in [9.17, 15) is 4.79 Å². The van der Waals surface area contributed by atoms with Crippen LogP contribution in [0.25, 0.3) is 0 Å². The SMILES string of the molecule is COC(=O)C1COc2c(Br)cc(C)cc21. The highest BCUT2D eigenvalue weighted by molar-refractivity contribution is 9.10. The highest BCUT2D eigenvalue weighted by Gasteiger charge is 2.32. The van der Waals surface area contributed by atoms with Gasteiger partial charge in [-0.25, -0.2) is 0 Å². The lowest BCUT2D eigenvalue weighted by Crippen LogP contribution is -2.15. The standard InChI is InChI=1S/C11H11BrO3/c1-6-3-7-8(11(13)14-2)5-15-10(7)9(12)4-6/h3-4,8H,5H2,1-2H3. The largest absolute Gasteiger partial charge is 0.491 e. The number of hydrogen-bond donors (Lipinski definition) is 0. The van der Waals surface area contributed by atoms with Crippen LogP contribution < -0.4 is 4.74 Å². The van der Waals surface area contributed by atoms with Crippen molar-refractivity contribution in [1.82, 2.24) is 0 Å². The Labute approximate surface area is 96.5 Å². The number of methoxy groups -OCH3 is 1. The minimum Gasteiger partial charge on any atom is -0.491 e. The monoisotopic (exact) mass is 270 g/mol. The van der Waals surface area contributed by atoms with E-state index in [-0.39, 0.29) is 11.9 Å². The van der Waals surface area contributed by atoms with Gasteiger partial charge in [0.2, 0.25) is 0 Å². The fraction of sp³-hybridized carbons (Fsp3) is 0.364. The van der Waals surface area contributed by atoms with E-state index in [2.05, 4.69) is 15.9 Å². The molecule has 0 amide bonds. The smallest absolute Gasteiger partial charge is 0.316 e. The molecule has 1 aromatic carbocycles. The Kier molecular flexibility index (Phi) is 2.69. The summed E-state index contributed by atoms with van der Waals surface area (Å²) in [5, 5.41) is 0. The summed E-state index contributed by atoms with van der Waals surface area (Å²) >= 11 is 3.42. The van der Waals surface area contributed by atoms with Crippen LogP contribution in [0.3, 0.4) is 0 Å². The number of carbonyl (C=O) groups is 1. The van der Waals surface area contributed by atoms with Crippen LogP contribution in [-0.2, 0) is 9.53 Å². The van der Waals surface area contributed by atoms with Gasteiger partial charge in [0.1, 0.15) is 18.3 Å². The summed E-state index contributed by atoms with van der Waals surface area (Å²) in [6.45, 7) is 2.35. The van der Waals surface area contributed by atoms with E-state index < -0.39 is 0 Å². The molecule has 0 bridgehead atoms. The van der Waals surface area contributed by atoms with E-state index in [1.165, 1.54) is 7.11 Å². The molecule has 2 rings (SSSR count). The average Bonchev–Trinajstić information content (AvgIpc) is 2.60. The third-order valence-corrected chi connectivity index (χ3v) is 3.06. The average molecular weight is 271 g/mol. The fourth-order valence-electron chi connectivity index (χ4n) is 1.76. The number of hydrogen-bond acceptors (Lipinski definition) is 3. The van der Waals surface area contributed by atoms with Crippen LogP contribution in [-0.4, -0.2) is 19.7 Å². The number of rotatable bonds is 1. The maximum atomic E-state index is 11.5. The van der Waals surface area contributed by atoms with Crippen molar-refractivity contribution < 1.29 is 14.3 Å². The Hall–Kier alpha value is -1.03. The van der Waals surface area contributed by atoms with E-state index in [1.807, 2.05) is 19.1 Å². The first-order valence-corrected chi connectivity index (χ1v) is 5.43. The molecule has 0 aliphatic carbocycles. The molecule has 0 radical (unpaired) electrons. The topological polar surface area (TPSA) is 35.5 Å². The second-order valence-corrected chi connectivity index (χ2v) is 4.41. The minimum atomic E-state index is -0.291. The number of benzene rings is 1. The van der Waals surface area contributed by atoms with Gasteiger partial charge in [0.05, 0.1) is 11.6 Å². The zero-order chi connectivity index (χ0) is 11.0. The third-order valence-electron chi connectivity index (χ3n) is 2.47. The van der Waals surface area contributed by atoms with Gasteiger partial charge in [-0.1, -0.05) is 6.07 Å². The van der Waals surface area contributed by atoms with Gasteiger partial charge in [-0.2, -0.15) is 0 Å². The lowest BCUT2D eigenvalue weighted by molar-refractivity contribution is -0.142. The number of fused-ring (bicyclic) bond motifs is 1. The zero-order valence-electron chi connectivity index (χ0n) is 8.54.